The maximum absolute atomic E-state index is 13.0. The summed E-state index contributed by atoms with van der Waals surface area (Å²) in [6.07, 6.45) is 0.435. The third-order valence-electron chi connectivity index (χ3n) is 3.79. The minimum absolute atomic E-state index is 0.229. The minimum atomic E-state index is -0.762. The van der Waals surface area contributed by atoms with Crippen LogP contribution in [-0.4, -0.2) is 55.8 Å². The number of morpholine rings is 1. The molecule has 7 heteroatoms. The van der Waals surface area contributed by atoms with Crippen molar-refractivity contribution in [2.75, 3.05) is 32.9 Å². The molecular formula is C18H22FNO5. The van der Waals surface area contributed by atoms with E-state index in [-0.39, 0.29) is 31.0 Å². The predicted octanol–water partition coefficient (Wildman–Crippen LogP) is 1.86. The second kappa shape index (κ2) is 9.29. The largest absolute Gasteiger partial charge is 0.454 e. The molecule has 2 unspecified atom stereocenters. The Kier molecular flexibility index (Phi) is 7.09. The van der Waals surface area contributed by atoms with Crippen molar-refractivity contribution in [3.63, 3.8) is 0 Å². The Morgan fingerprint density at radius 1 is 1.44 bits per heavy atom. The Morgan fingerprint density at radius 3 is 2.84 bits per heavy atom. The summed E-state index contributed by atoms with van der Waals surface area (Å²) >= 11 is 0. The normalized spacial score (nSPS) is 18.5. The number of rotatable bonds is 7. The van der Waals surface area contributed by atoms with Gasteiger partial charge in [0.15, 0.2) is 12.7 Å². The first-order chi connectivity index (χ1) is 12.0. The average molecular weight is 351 g/mol. The van der Waals surface area contributed by atoms with Gasteiger partial charge in [-0.25, -0.2) is 9.18 Å². The van der Waals surface area contributed by atoms with E-state index in [2.05, 4.69) is 6.58 Å². The topological polar surface area (TPSA) is 65.1 Å². The van der Waals surface area contributed by atoms with Gasteiger partial charge in [-0.15, -0.1) is 6.58 Å². The fourth-order valence-corrected chi connectivity index (χ4v) is 2.38. The molecule has 1 fully saturated rings. The van der Waals surface area contributed by atoms with Crippen LogP contribution in [-0.2, 0) is 23.8 Å². The summed E-state index contributed by atoms with van der Waals surface area (Å²) in [7, 11) is 0. The van der Waals surface area contributed by atoms with Crippen LogP contribution in [0.4, 0.5) is 4.39 Å². The van der Waals surface area contributed by atoms with Gasteiger partial charge in [-0.1, -0.05) is 18.2 Å². The van der Waals surface area contributed by atoms with Crippen LogP contribution in [0.2, 0.25) is 0 Å². The summed E-state index contributed by atoms with van der Waals surface area (Å²) in [6.45, 7) is 6.02. The zero-order valence-electron chi connectivity index (χ0n) is 14.2. The highest BCUT2D eigenvalue weighted by atomic mass is 19.1. The molecule has 0 bridgehead atoms. The first-order valence-corrected chi connectivity index (χ1v) is 8.05. The number of hydrogen-bond acceptors (Lipinski definition) is 5. The van der Waals surface area contributed by atoms with E-state index in [1.165, 1.54) is 18.2 Å². The van der Waals surface area contributed by atoms with Gasteiger partial charge in [0.05, 0.1) is 19.8 Å². The lowest BCUT2D eigenvalue weighted by Crippen LogP contribution is -2.44. The van der Waals surface area contributed by atoms with E-state index in [0.29, 0.717) is 19.7 Å². The SMILES string of the molecule is C=CCOC(C)C(=O)OCC(=O)N1CCOC(c2ccc(F)cc2)C1. The van der Waals surface area contributed by atoms with Crippen molar-refractivity contribution in [3.8, 4) is 0 Å². The Bertz CT molecular complexity index is 604. The molecule has 1 aliphatic rings. The van der Waals surface area contributed by atoms with Gasteiger partial charge in [-0.2, -0.15) is 0 Å². The summed E-state index contributed by atoms with van der Waals surface area (Å²) < 4.78 is 28.8. The van der Waals surface area contributed by atoms with Gasteiger partial charge in [0.25, 0.3) is 5.91 Å². The highest BCUT2D eigenvalue weighted by Crippen LogP contribution is 2.22. The molecule has 1 saturated heterocycles. The molecule has 2 atom stereocenters. The number of amides is 1. The summed E-state index contributed by atoms with van der Waals surface area (Å²) in [4.78, 5) is 25.6. The maximum Gasteiger partial charge on any atom is 0.335 e. The number of carbonyl (C=O) groups is 2. The molecule has 0 aromatic heterocycles. The van der Waals surface area contributed by atoms with E-state index in [1.807, 2.05) is 0 Å². The highest BCUT2D eigenvalue weighted by Gasteiger charge is 2.26. The molecule has 0 N–H and O–H groups in total. The van der Waals surface area contributed by atoms with Crippen LogP contribution in [0.1, 0.15) is 18.6 Å². The molecular weight excluding hydrogens is 329 g/mol. The van der Waals surface area contributed by atoms with Crippen molar-refractivity contribution < 1.29 is 28.2 Å². The monoisotopic (exact) mass is 351 g/mol. The molecule has 1 amide bonds. The van der Waals surface area contributed by atoms with Crippen molar-refractivity contribution >= 4 is 11.9 Å². The second-order valence-corrected chi connectivity index (χ2v) is 5.62. The van der Waals surface area contributed by atoms with Crippen molar-refractivity contribution in [1.29, 1.82) is 0 Å². The molecule has 1 aromatic rings. The number of carbonyl (C=O) groups excluding carboxylic acids is 2. The minimum Gasteiger partial charge on any atom is -0.454 e. The highest BCUT2D eigenvalue weighted by molar-refractivity contribution is 5.82. The summed E-state index contributed by atoms with van der Waals surface area (Å²) in [6, 6.07) is 5.97. The molecule has 0 saturated carbocycles. The standard InChI is InChI=1S/C18H22FNO5/c1-3-9-23-13(2)18(22)25-12-17(21)20-8-10-24-16(11-20)14-4-6-15(19)7-5-14/h3-7,13,16H,1,8-12H2,2H3. The molecule has 136 valence electrons. The van der Waals surface area contributed by atoms with E-state index < -0.39 is 12.1 Å². The number of hydrogen-bond donors (Lipinski definition) is 0. The lowest BCUT2D eigenvalue weighted by Gasteiger charge is -2.33. The first kappa shape index (κ1) is 19.1. The fourth-order valence-electron chi connectivity index (χ4n) is 2.38. The predicted molar refractivity (Wildman–Crippen MR) is 88.2 cm³/mol. The van der Waals surface area contributed by atoms with Crippen LogP contribution in [0.3, 0.4) is 0 Å². The second-order valence-electron chi connectivity index (χ2n) is 5.62. The van der Waals surface area contributed by atoms with Crippen LogP contribution in [0.15, 0.2) is 36.9 Å². The maximum atomic E-state index is 13.0. The lowest BCUT2D eigenvalue weighted by molar-refractivity contribution is -0.162. The Balaban J connectivity index is 1.84. The van der Waals surface area contributed by atoms with Crippen molar-refractivity contribution in [3.05, 3.63) is 48.3 Å². The van der Waals surface area contributed by atoms with Crippen LogP contribution in [0.5, 0.6) is 0 Å². The number of benzene rings is 1. The molecule has 0 spiro atoms. The fraction of sp³-hybridized carbons (Fsp3) is 0.444. The third-order valence-corrected chi connectivity index (χ3v) is 3.79. The van der Waals surface area contributed by atoms with E-state index in [1.54, 1.807) is 24.0 Å². The Labute approximate surface area is 146 Å². The number of esters is 1. The van der Waals surface area contributed by atoms with Gasteiger partial charge in [0, 0.05) is 6.54 Å². The third kappa shape index (κ3) is 5.65. The molecule has 1 aromatic carbocycles. The van der Waals surface area contributed by atoms with Gasteiger partial charge in [0.1, 0.15) is 11.9 Å². The Morgan fingerprint density at radius 2 is 2.16 bits per heavy atom. The first-order valence-electron chi connectivity index (χ1n) is 8.05. The van der Waals surface area contributed by atoms with Gasteiger partial charge < -0.3 is 19.1 Å². The summed E-state index contributed by atoms with van der Waals surface area (Å²) in [5, 5.41) is 0. The molecule has 0 aliphatic carbocycles. The summed E-state index contributed by atoms with van der Waals surface area (Å²) in [5.74, 6) is -1.23. The van der Waals surface area contributed by atoms with Gasteiger partial charge in [-0.05, 0) is 24.6 Å². The van der Waals surface area contributed by atoms with Crippen LogP contribution in [0, 0.1) is 5.82 Å². The number of nitrogens with zero attached hydrogens (tertiary/aromatic N) is 1. The van der Waals surface area contributed by atoms with Crippen molar-refractivity contribution in [2.24, 2.45) is 0 Å². The zero-order valence-corrected chi connectivity index (χ0v) is 14.2. The van der Waals surface area contributed by atoms with Gasteiger partial charge in [-0.3, -0.25) is 4.79 Å². The van der Waals surface area contributed by atoms with E-state index >= 15 is 0 Å². The zero-order chi connectivity index (χ0) is 18.2. The average Bonchev–Trinajstić information content (AvgIpc) is 2.64. The van der Waals surface area contributed by atoms with E-state index in [4.69, 9.17) is 14.2 Å². The van der Waals surface area contributed by atoms with E-state index in [0.717, 1.165) is 5.56 Å². The van der Waals surface area contributed by atoms with Crippen molar-refractivity contribution in [2.45, 2.75) is 19.1 Å². The van der Waals surface area contributed by atoms with Crippen LogP contribution in [0.25, 0.3) is 0 Å². The number of ether oxygens (including phenoxy) is 3. The number of halogens is 1. The van der Waals surface area contributed by atoms with Crippen LogP contribution >= 0.6 is 0 Å². The van der Waals surface area contributed by atoms with Crippen molar-refractivity contribution in [1.82, 2.24) is 4.90 Å². The molecule has 1 heterocycles. The molecule has 0 radical (unpaired) electrons. The van der Waals surface area contributed by atoms with Gasteiger partial charge >= 0.3 is 5.97 Å². The summed E-state index contributed by atoms with van der Waals surface area (Å²) in [5.41, 5.74) is 0.794. The smallest absolute Gasteiger partial charge is 0.335 e. The molecule has 25 heavy (non-hydrogen) atoms. The molecule has 2 rings (SSSR count). The lowest BCUT2D eigenvalue weighted by atomic mass is 10.1. The quantitative estimate of drug-likeness (QED) is 0.554. The molecule has 1 aliphatic heterocycles. The Hall–Kier alpha value is -2.25. The van der Waals surface area contributed by atoms with Crippen LogP contribution < -0.4 is 0 Å². The van der Waals surface area contributed by atoms with E-state index in [9.17, 15) is 14.0 Å². The van der Waals surface area contributed by atoms with Gasteiger partial charge in [0.2, 0.25) is 0 Å². The molecule has 6 nitrogen and oxygen atoms in total.